The topological polar surface area (TPSA) is 122 Å². The van der Waals surface area contributed by atoms with Crippen LogP contribution in [0.25, 0.3) is 0 Å². The highest BCUT2D eigenvalue weighted by Crippen LogP contribution is 2.18. The summed E-state index contributed by atoms with van der Waals surface area (Å²) in [7, 11) is 0. The number of carbonyl (C=O) groups is 3. The van der Waals surface area contributed by atoms with Crippen LogP contribution in [0.4, 0.5) is 4.79 Å². The fourth-order valence-corrected chi connectivity index (χ4v) is 2.23. The predicted octanol–water partition coefficient (Wildman–Crippen LogP) is 0.437. The van der Waals surface area contributed by atoms with Crippen LogP contribution in [0.15, 0.2) is 17.5 Å². The van der Waals surface area contributed by atoms with Crippen LogP contribution < -0.4 is 16.4 Å². The zero-order chi connectivity index (χ0) is 14.4. The van der Waals surface area contributed by atoms with Crippen LogP contribution in [0.1, 0.15) is 24.3 Å². The van der Waals surface area contributed by atoms with E-state index in [1.807, 2.05) is 0 Å². The first-order valence-corrected chi connectivity index (χ1v) is 6.39. The van der Waals surface area contributed by atoms with Gasteiger partial charge >= 0.3 is 12.0 Å². The summed E-state index contributed by atoms with van der Waals surface area (Å²) in [6, 6.07) is 1.09. The van der Waals surface area contributed by atoms with E-state index in [9.17, 15) is 14.4 Å². The number of carbonyl (C=O) groups excluding carboxylic acids is 2. The van der Waals surface area contributed by atoms with E-state index >= 15 is 0 Å². The Balaban J connectivity index is 2.58. The van der Waals surface area contributed by atoms with E-state index in [4.69, 9.17) is 10.8 Å². The maximum atomic E-state index is 11.6. The van der Waals surface area contributed by atoms with Gasteiger partial charge in [-0.3, -0.25) is 4.79 Å². The van der Waals surface area contributed by atoms with Crippen LogP contribution in [-0.2, 0) is 9.59 Å². The third-order valence-corrected chi connectivity index (χ3v) is 3.17. The standard InChI is InChI=1S/C11H15N3O4S/c1-6(5-8(12)15)13-11(18)14-9(10(16)17)7-3-2-4-19-7/h2-4,6,9H,5H2,1H3,(H2,12,15)(H,16,17)(H2,13,14,18). The van der Waals surface area contributed by atoms with Gasteiger partial charge in [-0.25, -0.2) is 9.59 Å². The Hall–Kier alpha value is -2.09. The quantitative estimate of drug-likeness (QED) is 0.605. The molecule has 0 radical (unpaired) electrons. The van der Waals surface area contributed by atoms with Crippen molar-refractivity contribution in [2.75, 3.05) is 0 Å². The molecule has 1 aromatic rings. The molecule has 8 heteroatoms. The Labute approximate surface area is 113 Å². The van der Waals surface area contributed by atoms with Crippen molar-refractivity contribution in [3.8, 4) is 0 Å². The molecule has 1 rings (SSSR count). The smallest absolute Gasteiger partial charge is 0.331 e. The van der Waals surface area contributed by atoms with Crippen LogP contribution in [0.3, 0.4) is 0 Å². The van der Waals surface area contributed by atoms with Crippen molar-refractivity contribution in [3.05, 3.63) is 22.4 Å². The number of carboxylic acids is 1. The number of hydrogen-bond donors (Lipinski definition) is 4. The zero-order valence-electron chi connectivity index (χ0n) is 10.3. The highest BCUT2D eigenvalue weighted by molar-refractivity contribution is 7.10. The summed E-state index contributed by atoms with van der Waals surface area (Å²) in [5.41, 5.74) is 4.99. The van der Waals surface area contributed by atoms with E-state index < -0.39 is 30.0 Å². The lowest BCUT2D eigenvalue weighted by atomic mass is 10.2. The summed E-state index contributed by atoms with van der Waals surface area (Å²) in [5.74, 6) is -1.69. The van der Waals surface area contributed by atoms with Crippen molar-refractivity contribution in [1.82, 2.24) is 10.6 Å². The molecule has 5 N–H and O–H groups in total. The summed E-state index contributed by atoms with van der Waals surface area (Å²) in [4.78, 5) is 33.9. The molecule has 2 unspecified atom stereocenters. The van der Waals surface area contributed by atoms with Crippen LogP contribution in [-0.4, -0.2) is 29.1 Å². The van der Waals surface area contributed by atoms with Crippen LogP contribution in [0.5, 0.6) is 0 Å². The molecule has 0 spiro atoms. The molecule has 2 atom stereocenters. The molecule has 0 fully saturated rings. The molecule has 1 aromatic heterocycles. The molecular weight excluding hydrogens is 270 g/mol. The largest absolute Gasteiger partial charge is 0.479 e. The monoisotopic (exact) mass is 285 g/mol. The van der Waals surface area contributed by atoms with Crippen molar-refractivity contribution in [1.29, 1.82) is 0 Å². The van der Waals surface area contributed by atoms with Crippen molar-refractivity contribution in [2.24, 2.45) is 5.73 Å². The zero-order valence-corrected chi connectivity index (χ0v) is 11.1. The van der Waals surface area contributed by atoms with Crippen molar-refractivity contribution < 1.29 is 19.5 Å². The lowest BCUT2D eigenvalue weighted by molar-refractivity contribution is -0.139. The second kappa shape index (κ2) is 6.74. The summed E-state index contributed by atoms with van der Waals surface area (Å²) in [5, 5.41) is 15.6. The number of thiophene rings is 1. The Kier molecular flexibility index (Phi) is 5.31. The number of nitrogens with one attached hydrogen (secondary N) is 2. The first-order chi connectivity index (χ1) is 8.90. The third-order valence-electron chi connectivity index (χ3n) is 2.23. The molecular formula is C11H15N3O4S. The summed E-state index contributed by atoms with van der Waals surface area (Å²) < 4.78 is 0. The Morgan fingerprint density at radius 2 is 2.11 bits per heavy atom. The number of aliphatic carboxylic acids is 1. The molecule has 0 aliphatic rings. The van der Waals surface area contributed by atoms with Crippen molar-refractivity contribution in [3.63, 3.8) is 0 Å². The molecule has 0 aromatic carbocycles. The maximum Gasteiger partial charge on any atom is 0.331 e. The van der Waals surface area contributed by atoms with Gasteiger partial charge in [0, 0.05) is 17.3 Å². The average molecular weight is 285 g/mol. The molecule has 0 aliphatic heterocycles. The maximum absolute atomic E-state index is 11.6. The highest BCUT2D eigenvalue weighted by Gasteiger charge is 2.23. The van der Waals surface area contributed by atoms with Gasteiger partial charge in [0.2, 0.25) is 5.91 Å². The summed E-state index contributed by atoms with van der Waals surface area (Å²) in [6.45, 7) is 1.60. The lowest BCUT2D eigenvalue weighted by Gasteiger charge is -2.16. The first-order valence-electron chi connectivity index (χ1n) is 5.51. The number of urea groups is 1. The number of rotatable bonds is 6. The van der Waals surface area contributed by atoms with Gasteiger partial charge < -0.3 is 21.5 Å². The fraction of sp³-hybridized carbons (Fsp3) is 0.364. The minimum atomic E-state index is -1.15. The SMILES string of the molecule is CC(CC(N)=O)NC(=O)NC(C(=O)O)c1cccs1. The van der Waals surface area contributed by atoms with Crippen LogP contribution in [0.2, 0.25) is 0 Å². The summed E-state index contributed by atoms with van der Waals surface area (Å²) >= 11 is 1.23. The van der Waals surface area contributed by atoms with E-state index in [1.54, 1.807) is 24.4 Å². The van der Waals surface area contributed by atoms with E-state index in [2.05, 4.69) is 10.6 Å². The molecule has 7 nitrogen and oxygen atoms in total. The highest BCUT2D eigenvalue weighted by atomic mass is 32.1. The van der Waals surface area contributed by atoms with E-state index in [1.165, 1.54) is 11.3 Å². The predicted molar refractivity (Wildman–Crippen MR) is 69.6 cm³/mol. The number of carboxylic acid groups (broad SMARTS) is 1. The van der Waals surface area contributed by atoms with E-state index in [0.717, 1.165) is 0 Å². The Morgan fingerprint density at radius 1 is 1.42 bits per heavy atom. The second-order valence-electron chi connectivity index (χ2n) is 3.98. The van der Waals surface area contributed by atoms with Gasteiger partial charge in [0.25, 0.3) is 0 Å². The molecule has 0 aliphatic carbocycles. The molecule has 104 valence electrons. The number of primary amides is 1. The second-order valence-corrected chi connectivity index (χ2v) is 4.96. The number of nitrogens with two attached hydrogens (primary N) is 1. The third kappa shape index (κ3) is 4.96. The lowest BCUT2D eigenvalue weighted by Crippen LogP contribution is -2.45. The van der Waals surface area contributed by atoms with Gasteiger partial charge in [-0.05, 0) is 18.4 Å². The van der Waals surface area contributed by atoms with E-state index in [-0.39, 0.29) is 6.42 Å². The Morgan fingerprint density at radius 3 is 2.58 bits per heavy atom. The van der Waals surface area contributed by atoms with Gasteiger partial charge in [0.05, 0.1) is 0 Å². The molecule has 0 saturated carbocycles. The van der Waals surface area contributed by atoms with Crippen LogP contribution in [0, 0.1) is 0 Å². The van der Waals surface area contributed by atoms with Gasteiger partial charge in [0.15, 0.2) is 6.04 Å². The average Bonchev–Trinajstić information content (AvgIpc) is 2.76. The number of amides is 3. The van der Waals surface area contributed by atoms with Gasteiger partial charge in [0.1, 0.15) is 0 Å². The molecule has 19 heavy (non-hydrogen) atoms. The van der Waals surface area contributed by atoms with Gasteiger partial charge in [-0.2, -0.15) is 0 Å². The Bertz CT molecular complexity index is 461. The molecule has 1 heterocycles. The molecule has 3 amide bonds. The minimum Gasteiger partial charge on any atom is -0.479 e. The van der Waals surface area contributed by atoms with Crippen LogP contribution >= 0.6 is 11.3 Å². The van der Waals surface area contributed by atoms with Crippen molar-refractivity contribution >= 4 is 29.2 Å². The molecule has 0 bridgehead atoms. The molecule has 0 saturated heterocycles. The fourth-order valence-electron chi connectivity index (χ4n) is 1.46. The van der Waals surface area contributed by atoms with Gasteiger partial charge in [-0.15, -0.1) is 11.3 Å². The van der Waals surface area contributed by atoms with Gasteiger partial charge in [-0.1, -0.05) is 6.07 Å². The van der Waals surface area contributed by atoms with E-state index in [0.29, 0.717) is 4.88 Å². The minimum absolute atomic E-state index is 0.00976. The number of hydrogen-bond acceptors (Lipinski definition) is 4. The normalized spacial score (nSPS) is 13.3. The van der Waals surface area contributed by atoms with Crippen molar-refractivity contribution in [2.45, 2.75) is 25.4 Å². The first kappa shape index (κ1) is 15.0. The summed E-state index contributed by atoms with van der Waals surface area (Å²) in [6.07, 6.45) is -0.00976.